The van der Waals surface area contributed by atoms with E-state index in [-0.39, 0.29) is 11.5 Å². The van der Waals surface area contributed by atoms with E-state index in [4.69, 9.17) is 19.7 Å². The predicted molar refractivity (Wildman–Crippen MR) is 60.5 cm³/mol. The van der Waals surface area contributed by atoms with E-state index in [0.717, 1.165) is 12.8 Å². The molecular formula is C11H19N3O3. The molecule has 1 unspecified atom stereocenters. The van der Waals surface area contributed by atoms with Crippen LogP contribution in [0.15, 0.2) is 4.52 Å². The third-order valence-electron chi connectivity index (χ3n) is 3.45. The third-order valence-corrected chi connectivity index (χ3v) is 3.45. The molecule has 1 atom stereocenters. The zero-order valence-corrected chi connectivity index (χ0v) is 10.3. The lowest BCUT2D eigenvalue weighted by Crippen LogP contribution is -2.41. The van der Waals surface area contributed by atoms with Gasteiger partial charge in [0.2, 0.25) is 5.89 Å². The topological polar surface area (TPSA) is 83.4 Å². The van der Waals surface area contributed by atoms with Gasteiger partial charge in [-0.2, -0.15) is 4.98 Å². The van der Waals surface area contributed by atoms with Gasteiger partial charge < -0.3 is 19.7 Å². The minimum absolute atomic E-state index is 0.165. The lowest BCUT2D eigenvalue weighted by molar-refractivity contribution is 0.0408. The van der Waals surface area contributed by atoms with Crippen LogP contribution in [0.2, 0.25) is 0 Å². The van der Waals surface area contributed by atoms with Crippen molar-refractivity contribution in [3.8, 4) is 0 Å². The summed E-state index contributed by atoms with van der Waals surface area (Å²) in [5.41, 5.74) is 5.65. The predicted octanol–water partition coefficient (Wildman–Crippen LogP) is 0.784. The smallest absolute Gasteiger partial charge is 0.234 e. The van der Waals surface area contributed by atoms with E-state index in [9.17, 15) is 0 Å². The molecule has 0 radical (unpaired) electrons. The molecule has 1 saturated heterocycles. The maximum absolute atomic E-state index is 5.87. The fourth-order valence-electron chi connectivity index (χ4n) is 1.99. The molecule has 0 bridgehead atoms. The number of rotatable bonds is 4. The van der Waals surface area contributed by atoms with Gasteiger partial charge in [-0.05, 0) is 19.8 Å². The maximum Gasteiger partial charge on any atom is 0.234 e. The Morgan fingerprint density at radius 2 is 2.18 bits per heavy atom. The van der Waals surface area contributed by atoms with Crippen molar-refractivity contribution in [3.63, 3.8) is 0 Å². The van der Waals surface area contributed by atoms with Crippen molar-refractivity contribution in [2.45, 2.75) is 31.3 Å². The van der Waals surface area contributed by atoms with E-state index < -0.39 is 0 Å². The van der Waals surface area contributed by atoms with Crippen LogP contribution in [0.4, 0.5) is 0 Å². The van der Waals surface area contributed by atoms with E-state index in [1.54, 1.807) is 7.11 Å². The van der Waals surface area contributed by atoms with E-state index in [1.807, 2.05) is 6.92 Å². The zero-order chi connectivity index (χ0) is 12.3. The van der Waals surface area contributed by atoms with Gasteiger partial charge in [0.05, 0.1) is 5.41 Å². The summed E-state index contributed by atoms with van der Waals surface area (Å²) < 4.78 is 15.9. The van der Waals surface area contributed by atoms with Crippen molar-refractivity contribution in [1.82, 2.24) is 10.1 Å². The summed E-state index contributed by atoms with van der Waals surface area (Å²) in [6.45, 7) is 3.76. The van der Waals surface area contributed by atoms with Crippen molar-refractivity contribution in [2.75, 3.05) is 26.9 Å². The fraction of sp³-hybridized carbons (Fsp3) is 0.818. The van der Waals surface area contributed by atoms with Crippen molar-refractivity contribution < 1.29 is 14.0 Å². The summed E-state index contributed by atoms with van der Waals surface area (Å²) >= 11 is 0. The van der Waals surface area contributed by atoms with Gasteiger partial charge in [0.1, 0.15) is 6.10 Å². The quantitative estimate of drug-likeness (QED) is 0.838. The molecule has 0 spiro atoms. The first-order valence-corrected chi connectivity index (χ1v) is 5.86. The molecule has 17 heavy (non-hydrogen) atoms. The number of hydrogen-bond donors (Lipinski definition) is 1. The molecule has 6 nitrogen and oxygen atoms in total. The number of ether oxygens (including phenoxy) is 2. The van der Waals surface area contributed by atoms with Crippen LogP contribution in [-0.2, 0) is 14.9 Å². The molecule has 1 aliphatic rings. The first-order chi connectivity index (χ1) is 8.22. The molecular weight excluding hydrogens is 222 g/mol. The minimum Gasteiger partial charge on any atom is -0.381 e. The number of aromatic nitrogens is 2. The van der Waals surface area contributed by atoms with Crippen molar-refractivity contribution >= 4 is 0 Å². The molecule has 2 rings (SSSR count). The number of nitrogens with two attached hydrogens (primary N) is 1. The van der Waals surface area contributed by atoms with Gasteiger partial charge in [0, 0.05) is 26.9 Å². The summed E-state index contributed by atoms with van der Waals surface area (Å²) in [7, 11) is 1.62. The first-order valence-electron chi connectivity index (χ1n) is 5.86. The Morgan fingerprint density at radius 3 is 2.76 bits per heavy atom. The fourth-order valence-corrected chi connectivity index (χ4v) is 1.99. The van der Waals surface area contributed by atoms with Crippen molar-refractivity contribution in [2.24, 2.45) is 5.73 Å². The first kappa shape index (κ1) is 12.5. The van der Waals surface area contributed by atoms with Gasteiger partial charge in [-0.3, -0.25) is 0 Å². The summed E-state index contributed by atoms with van der Waals surface area (Å²) in [4.78, 5) is 4.41. The Bertz CT molecular complexity index is 361. The van der Waals surface area contributed by atoms with Crippen LogP contribution in [0.3, 0.4) is 0 Å². The average molecular weight is 241 g/mol. The highest BCUT2D eigenvalue weighted by molar-refractivity contribution is 5.08. The van der Waals surface area contributed by atoms with Crippen LogP contribution >= 0.6 is 0 Å². The Kier molecular flexibility index (Phi) is 3.76. The van der Waals surface area contributed by atoms with Gasteiger partial charge in [0.25, 0.3) is 0 Å². The Balaban J connectivity index is 2.22. The van der Waals surface area contributed by atoms with Crippen LogP contribution in [0, 0.1) is 0 Å². The van der Waals surface area contributed by atoms with Gasteiger partial charge >= 0.3 is 0 Å². The highest BCUT2D eigenvalue weighted by Gasteiger charge is 2.38. The molecule has 2 N–H and O–H groups in total. The van der Waals surface area contributed by atoms with E-state index in [2.05, 4.69) is 10.1 Å². The van der Waals surface area contributed by atoms with Gasteiger partial charge in [-0.25, -0.2) is 0 Å². The van der Waals surface area contributed by atoms with Crippen LogP contribution < -0.4 is 5.73 Å². The Morgan fingerprint density at radius 1 is 1.47 bits per heavy atom. The maximum atomic E-state index is 5.87. The third kappa shape index (κ3) is 2.34. The second-order valence-electron chi connectivity index (χ2n) is 4.43. The molecule has 0 amide bonds. The summed E-state index contributed by atoms with van der Waals surface area (Å²) in [6.07, 6.45) is 1.49. The number of hydrogen-bond acceptors (Lipinski definition) is 6. The average Bonchev–Trinajstić information content (AvgIpc) is 2.88. The molecule has 96 valence electrons. The Hall–Kier alpha value is -0.980. The monoisotopic (exact) mass is 241 g/mol. The largest absolute Gasteiger partial charge is 0.381 e. The standard InChI is InChI=1S/C11H19N3O3/c1-8(15-2)9-13-10(17-14-9)11(7-12)3-5-16-6-4-11/h8H,3-7,12H2,1-2H3. The molecule has 1 aromatic heterocycles. The molecule has 0 aromatic carbocycles. The van der Waals surface area contributed by atoms with Crippen LogP contribution in [0.25, 0.3) is 0 Å². The van der Waals surface area contributed by atoms with E-state index in [0.29, 0.717) is 31.5 Å². The minimum atomic E-state index is -0.225. The molecule has 0 aliphatic carbocycles. The summed E-state index contributed by atoms with van der Waals surface area (Å²) in [6, 6.07) is 0. The van der Waals surface area contributed by atoms with Gasteiger partial charge in [-0.15, -0.1) is 0 Å². The molecule has 0 saturated carbocycles. The van der Waals surface area contributed by atoms with Crippen molar-refractivity contribution in [1.29, 1.82) is 0 Å². The number of nitrogens with zero attached hydrogens (tertiary/aromatic N) is 2. The van der Waals surface area contributed by atoms with Crippen molar-refractivity contribution in [3.05, 3.63) is 11.7 Å². The van der Waals surface area contributed by atoms with Gasteiger partial charge in [0.15, 0.2) is 5.82 Å². The molecule has 1 aromatic rings. The molecule has 2 heterocycles. The zero-order valence-electron chi connectivity index (χ0n) is 10.3. The second-order valence-corrected chi connectivity index (χ2v) is 4.43. The lowest BCUT2D eigenvalue weighted by atomic mass is 9.80. The molecule has 6 heteroatoms. The highest BCUT2D eigenvalue weighted by Crippen LogP contribution is 2.33. The summed E-state index contributed by atoms with van der Waals surface area (Å²) in [5.74, 6) is 1.18. The normalized spacial score (nSPS) is 21.4. The molecule has 1 fully saturated rings. The van der Waals surface area contributed by atoms with Gasteiger partial charge in [-0.1, -0.05) is 5.16 Å². The number of methoxy groups -OCH3 is 1. The Labute approximate surface area is 100 Å². The van der Waals surface area contributed by atoms with E-state index in [1.165, 1.54) is 0 Å². The summed E-state index contributed by atoms with van der Waals surface area (Å²) in [5, 5.41) is 3.95. The SMILES string of the molecule is COC(C)c1noc(C2(CN)CCOCC2)n1. The van der Waals surface area contributed by atoms with Crippen LogP contribution in [0.5, 0.6) is 0 Å². The van der Waals surface area contributed by atoms with Crippen LogP contribution in [0.1, 0.15) is 37.6 Å². The molecule has 1 aliphatic heterocycles. The van der Waals surface area contributed by atoms with E-state index >= 15 is 0 Å². The second kappa shape index (κ2) is 5.12. The lowest BCUT2D eigenvalue weighted by Gasteiger charge is -2.32. The highest BCUT2D eigenvalue weighted by atomic mass is 16.5. The van der Waals surface area contributed by atoms with Crippen LogP contribution in [-0.4, -0.2) is 37.0 Å².